The average Bonchev–Trinajstić information content (AvgIpc) is 3.12. The number of carboxylic acids is 1. The van der Waals surface area contributed by atoms with Gasteiger partial charge in [0.1, 0.15) is 0 Å². The van der Waals surface area contributed by atoms with Crippen molar-refractivity contribution >= 4 is 11.9 Å². The number of benzene rings is 4. The van der Waals surface area contributed by atoms with Crippen LogP contribution in [-0.4, -0.2) is 46.7 Å². The summed E-state index contributed by atoms with van der Waals surface area (Å²) >= 11 is 0. The molecule has 0 bridgehead atoms. The molecule has 252 valence electrons. The fourth-order valence-electron chi connectivity index (χ4n) is 6.12. The molecule has 8 heteroatoms. The Morgan fingerprint density at radius 1 is 0.854 bits per heavy atom. The fourth-order valence-corrected chi connectivity index (χ4v) is 6.12. The highest BCUT2D eigenvalue weighted by Gasteiger charge is 2.33. The third kappa shape index (κ3) is 9.61. The van der Waals surface area contributed by atoms with Crippen LogP contribution in [0.25, 0.3) is 11.1 Å². The van der Waals surface area contributed by atoms with Crippen LogP contribution in [0.15, 0.2) is 103 Å². The number of amides is 1. The summed E-state index contributed by atoms with van der Waals surface area (Å²) in [4.78, 5) is 25.4. The lowest BCUT2D eigenvalue weighted by atomic mass is 9.97. The lowest BCUT2D eigenvalue weighted by Crippen LogP contribution is -2.38. The number of aliphatic carboxylic acids is 1. The predicted molar refractivity (Wildman–Crippen MR) is 186 cm³/mol. The van der Waals surface area contributed by atoms with Crippen molar-refractivity contribution < 1.29 is 29.3 Å². The molecular weight excluding hydrogens is 604 g/mol. The van der Waals surface area contributed by atoms with E-state index in [1.165, 1.54) is 5.56 Å². The Kier molecular flexibility index (Phi) is 12.5. The molecule has 1 amide bonds. The lowest BCUT2D eigenvalue weighted by Gasteiger charge is -2.39. The van der Waals surface area contributed by atoms with Gasteiger partial charge in [-0.05, 0) is 60.2 Å². The maximum Gasteiger partial charge on any atom is 0.303 e. The summed E-state index contributed by atoms with van der Waals surface area (Å²) in [6.07, 6.45) is 1.32. The van der Waals surface area contributed by atoms with Crippen LogP contribution in [0.4, 0.5) is 0 Å². The number of likely N-dealkylation sites (N-methyl/N-ethyl adjacent to an activating group) is 1. The minimum Gasteiger partial charge on any atom is -0.481 e. The summed E-state index contributed by atoms with van der Waals surface area (Å²) in [7, 11) is 2.13. The van der Waals surface area contributed by atoms with Crippen LogP contribution in [0.5, 0.6) is 0 Å². The minimum absolute atomic E-state index is 0.00121. The highest BCUT2D eigenvalue weighted by atomic mass is 16.7. The normalized spacial score (nSPS) is 18.4. The van der Waals surface area contributed by atoms with Crippen LogP contribution >= 0.6 is 0 Å². The van der Waals surface area contributed by atoms with Gasteiger partial charge in [0.25, 0.3) is 0 Å². The quantitative estimate of drug-likeness (QED) is 0.116. The summed E-state index contributed by atoms with van der Waals surface area (Å²) in [6.45, 7) is 3.33. The van der Waals surface area contributed by atoms with Crippen LogP contribution in [0.1, 0.15) is 85.3 Å². The van der Waals surface area contributed by atoms with Gasteiger partial charge >= 0.3 is 5.97 Å². The smallest absolute Gasteiger partial charge is 0.303 e. The van der Waals surface area contributed by atoms with Gasteiger partial charge in [0.2, 0.25) is 5.91 Å². The molecule has 0 spiro atoms. The van der Waals surface area contributed by atoms with Crippen LogP contribution in [0.3, 0.4) is 0 Å². The van der Waals surface area contributed by atoms with Gasteiger partial charge in [-0.15, -0.1) is 0 Å². The number of carbonyl (C=O) groups is 2. The SMILES string of the molecule is C[C@@H](c1ccccc1)N(C)C[C@H]1C[C@@H](c2ccc(CO)cc2)O[C@@H](c2ccc(-c3ccccc3CNC(=O)CCCCC(=O)O)cc2)O1. The number of rotatable bonds is 15. The standard InChI is InChI=1S/C40H46N2O6/c1-28(30-10-4-3-5-11-30)42(2)26-35-24-37(32-18-16-29(27-43)17-19-32)48-40(47-35)33-22-20-31(21-23-33)36-13-7-6-12-34(36)25-41-38(44)14-8-9-15-39(45)46/h3-7,10-13,16-23,28,35,37,40,43H,8-9,14-15,24-27H2,1-2H3,(H,41,44)(H,45,46)/t28-,35+,37-,40-/m0/s1. The number of ether oxygens (including phenoxy) is 2. The molecule has 5 rings (SSSR count). The molecule has 0 aromatic heterocycles. The van der Waals surface area contributed by atoms with Crippen LogP contribution in [-0.2, 0) is 32.2 Å². The van der Waals surface area contributed by atoms with Crippen molar-refractivity contribution in [1.82, 2.24) is 10.2 Å². The molecule has 8 nitrogen and oxygen atoms in total. The molecule has 0 saturated carbocycles. The van der Waals surface area contributed by atoms with Crippen LogP contribution in [0.2, 0.25) is 0 Å². The van der Waals surface area contributed by atoms with Gasteiger partial charge in [0.15, 0.2) is 6.29 Å². The average molecular weight is 651 g/mol. The number of aliphatic hydroxyl groups is 1. The third-order valence-electron chi connectivity index (χ3n) is 9.08. The number of carboxylic acid groups (broad SMARTS) is 1. The molecule has 3 N–H and O–H groups in total. The van der Waals surface area contributed by atoms with Gasteiger partial charge in [-0.25, -0.2) is 0 Å². The molecule has 1 fully saturated rings. The van der Waals surface area contributed by atoms with Crippen LogP contribution in [0, 0.1) is 0 Å². The van der Waals surface area contributed by atoms with Crippen molar-refractivity contribution in [2.45, 2.75) is 76.7 Å². The van der Waals surface area contributed by atoms with Crippen molar-refractivity contribution in [3.63, 3.8) is 0 Å². The van der Waals surface area contributed by atoms with E-state index in [0.717, 1.165) is 39.9 Å². The molecule has 1 saturated heterocycles. The summed E-state index contributed by atoms with van der Waals surface area (Å²) in [5.41, 5.74) is 7.13. The molecule has 0 unspecified atom stereocenters. The molecule has 4 aromatic rings. The fraction of sp³-hybridized carbons (Fsp3) is 0.350. The Labute approximate surface area is 283 Å². The summed E-state index contributed by atoms with van der Waals surface area (Å²) in [5.74, 6) is -0.928. The molecule has 4 aromatic carbocycles. The predicted octanol–water partition coefficient (Wildman–Crippen LogP) is 7.35. The number of hydrogen-bond donors (Lipinski definition) is 3. The van der Waals surface area contributed by atoms with Gasteiger partial charge in [-0.3, -0.25) is 14.5 Å². The third-order valence-corrected chi connectivity index (χ3v) is 9.08. The molecular formula is C40H46N2O6. The van der Waals surface area contributed by atoms with Gasteiger partial charge < -0.3 is 25.0 Å². The maximum atomic E-state index is 12.4. The van der Waals surface area contributed by atoms with Gasteiger partial charge in [-0.1, -0.05) is 103 Å². The summed E-state index contributed by atoms with van der Waals surface area (Å²) in [5, 5.41) is 21.3. The molecule has 0 aliphatic carbocycles. The highest BCUT2D eigenvalue weighted by Crippen LogP contribution is 2.39. The monoisotopic (exact) mass is 650 g/mol. The summed E-state index contributed by atoms with van der Waals surface area (Å²) in [6, 6.07) is 34.8. The van der Waals surface area contributed by atoms with Gasteiger partial charge in [0.05, 0.1) is 18.8 Å². The Morgan fingerprint density at radius 2 is 1.52 bits per heavy atom. The second kappa shape index (κ2) is 17.2. The summed E-state index contributed by atoms with van der Waals surface area (Å²) < 4.78 is 13.2. The molecule has 1 aliphatic rings. The molecule has 1 aliphatic heterocycles. The van der Waals surface area contributed by atoms with E-state index in [4.69, 9.17) is 14.6 Å². The molecule has 1 heterocycles. The van der Waals surface area contributed by atoms with Crippen molar-refractivity contribution in [2.75, 3.05) is 13.6 Å². The number of carbonyl (C=O) groups excluding carboxylic acids is 1. The van der Waals surface area contributed by atoms with E-state index in [2.05, 4.69) is 60.6 Å². The number of aliphatic hydroxyl groups excluding tert-OH is 1. The van der Waals surface area contributed by atoms with E-state index < -0.39 is 12.3 Å². The Hall–Kier alpha value is -4.34. The zero-order chi connectivity index (χ0) is 33.9. The zero-order valence-electron chi connectivity index (χ0n) is 27.8. The Morgan fingerprint density at radius 3 is 2.23 bits per heavy atom. The van der Waals surface area contributed by atoms with Gasteiger partial charge in [-0.2, -0.15) is 0 Å². The first-order chi connectivity index (χ1) is 23.3. The van der Waals surface area contributed by atoms with Crippen molar-refractivity contribution in [3.8, 4) is 11.1 Å². The lowest BCUT2D eigenvalue weighted by molar-refractivity contribution is -0.253. The topological polar surface area (TPSA) is 108 Å². The van der Waals surface area contributed by atoms with Crippen molar-refractivity contribution in [1.29, 1.82) is 0 Å². The number of hydrogen-bond acceptors (Lipinski definition) is 6. The van der Waals surface area contributed by atoms with E-state index in [9.17, 15) is 14.7 Å². The van der Waals surface area contributed by atoms with E-state index in [1.54, 1.807) is 0 Å². The van der Waals surface area contributed by atoms with E-state index >= 15 is 0 Å². The first-order valence-corrected chi connectivity index (χ1v) is 16.7. The second-order valence-corrected chi connectivity index (χ2v) is 12.5. The zero-order valence-corrected chi connectivity index (χ0v) is 27.8. The largest absolute Gasteiger partial charge is 0.481 e. The molecule has 0 radical (unpaired) electrons. The van der Waals surface area contributed by atoms with E-state index in [-0.39, 0.29) is 37.2 Å². The Bertz CT molecular complexity index is 1610. The first kappa shape index (κ1) is 35.0. The second-order valence-electron chi connectivity index (χ2n) is 12.5. The van der Waals surface area contributed by atoms with Crippen molar-refractivity contribution in [3.05, 3.63) is 131 Å². The number of unbranched alkanes of at least 4 members (excludes halogenated alkanes) is 1. The number of nitrogens with one attached hydrogen (secondary N) is 1. The highest BCUT2D eigenvalue weighted by molar-refractivity contribution is 5.76. The van der Waals surface area contributed by atoms with Crippen LogP contribution < -0.4 is 5.32 Å². The van der Waals surface area contributed by atoms with E-state index in [1.807, 2.05) is 66.7 Å². The minimum atomic E-state index is -0.841. The molecule has 48 heavy (non-hydrogen) atoms. The van der Waals surface area contributed by atoms with Crippen molar-refractivity contribution in [2.24, 2.45) is 0 Å². The first-order valence-electron chi connectivity index (χ1n) is 16.7. The van der Waals surface area contributed by atoms with Gasteiger partial charge in [0, 0.05) is 44.0 Å². The number of nitrogens with zero attached hydrogens (tertiary/aromatic N) is 1. The Balaban J connectivity index is 1.29. The molecule has 4 atom stereocenters. The van der Waals surface area contributed by atoms with E-state index in [0.29, 0.717) is 32.2 Å². The maximum absolute atomic E-state index is 12.4.